The highest BCUT2D eigenvalue weighted by Crippen LogP contribution is 2.56. The number of carbonyl (C=O) groups excluding carboxylic acids is 2. The van der Waals surface area contributed by atoms with Crippen molar-refractivity contribution in [3.8, 4) is 11.1 Å². The molecule has 3 saturated carbocycles. The van der Waals surface area contributed by atoms with Gasteiger partial charge in [-0.1, -0.05) is 42.8 Å². The zero-order valence-corrected chi connectivity index (χ0v) is 17.1. The Labute approximate surface area is 175 Å². The first-order chi connectivity index (χ1) is 14.0. The van der Waals surface area contributed by atoms with Crippen LogP contribution in [0, 0.1) is 23.7 Å². The fourth-order valence-corrected chi connectivity index (χ4v) is 5.83. The van der Waals surface area contributed by atoms with Gasteiger partial charge in [-0.3, -0.25) is 9.59 Å². The summed E-state index contributed by atoms with van der Waals surface area (Å²) in [6.45, 7) is 2.05. The lowest BCUT2D eigenvalue weighted by Crippen LogP contribution is -2.46. The number of Topliss-reactive ketones (excluding diaryl/α,β-unsaturated/α-hetero) is 2. The quantitative estimate of drug-likeness (QED) is 0.716. The second-order valence-electron chi connectivity index (χ2n) is 8.52. The van der Waals surface area contributed by atoms with Crippen molar-refractivity contribution in [1.82, 2.24) is 0 Å². The van der Waals surface area contributed by atoms with Crippen molar-refractivity contribution in [2.75, 3.05) is 0 Å². The van der Waals surface area contributed by atoms with Crippen LogP contribution in [0.5, 0.6) is 0 Å². The minimum absolute atomic E-state index is 0.0256. The number of ketones is 2. The minimum Gasteiger partial charge on any atom is -0.511 e. The van der Waals surface area contributed by atoms with Crippen molar-refractivity contribution in [1.29, 1.82) is 0 Å². The van der Waals surface area contributed by atoms with Crippen molar-refractivity contribution in [2.45, 2.75) is 32.6 Å². The first-order valence-electron chi connectivity index (χ1n) is 10.4. The Morgan fingerprint density at radius 2 is 1.72 bits per heavy atom. The monoisotopic (exact) mass is 406 g/mol. The van der Waals surface area contributed by atoms with Gasteiger partial charge in [0.2, 0.25) is 0 Å². The fraction of sp³-hybridized carbons (Fsp3) is 0.360. The van der Waals surface area contributed by atoms with E-state index in [4.69, 9.17) is 11.6 Å². The molecular weight excluding hydrogens is 384 g/mol. The zero-order valence-electron chi connectivity index (χ0n) is 16.3. The molecule has 4 aliphatic carbocycles. The van der Waals surface area contributed by atoms with E-state index in [0.717, 1.165) is 41.5 Å². The number of aliphatic hydroxyl groups excluding tert-OH is 1. The topological polar surface area (TPSA) is 54.4 Å². The maximum absolute atomic E-state index is 13.5. The van der Waals surface area contributed by atoms with E-state index in [2.05, 4.69) is 6.92 Å². The lowest BCUT2D eigenvalue weighted by atomic mass is 9.58. The Kier molecular flexibility index (Phi) is 4.40. The van der Waals surface area contributed by atoms with Crippen LogP contribution in [0.3, 0.4) is 0 Å². The number of aryl methyl sites for hydroxylation is 1. The number of carbonyl (C=O) groups is 2. The normalized spacial score (nSPS) is 28.2. The molecule has 4 aliphatic rings. The van der Waals surface area contributed by atoms with Crippen LogP contribution >= 0.6 is 11.6 Å². The summed E-state index contributed by atoms with van der Waals surface area (Å²) < 4.78 is 0. The highest BCUT2D eigenvalue weighted by Gasteiger charge is 2.57. The SMILES string of the molecule is CCc1ccc(-c2ccc(Cl)cc2)cc1C1=C(O)[C@H]2[C@@H](C1=O)[C@@H]1CC[C@H]2C(=O)C1. The predicted octanol–water partition coefficient (Wildman–Crippen LogP) is 5.65. The molecule has 2 aromatic rings. The molecule has 0 spiro atoms. The molecule has 6 rings (SSSR count). The van der Waals surface area contributed by atoms with Crippen molar-refractivity contribution < 1.29 is 14.7 Å². The van der Waals surface area contributed by atoms with Crippen LogP contribution in [0.25, 0.3) is 16.7 Å². The van der Waals surface area contributed by atoms with Gasteiger partial charge >= 0.3 is 0 Å². The van der Waals surface area contributed by atoms with Gasteiger partial charge < -0.3 is 5.11 Å². The van der Waals surface area contributed by atoms with E-state index in [1.54, 1.807) is 0 Å². The second-order valence-corrected chi connectivity index (χ2v) is 8.96. The van der Waals surface area contributed by atoms with Gasteiger partial charge in [-0.25, -0.2) is 0 Å². The Bertz CT molecular complexity index is 1050. The Morgan fingerprint density at radius 1 is 1.00 bits per heavy atom. The predicted molar refractivity (Wildman–Crippen MR) is 114 cm³/mol. The van der Waals surface area contributed by atoms with E-state index in [1.165, 1.54) is 0 Å². The molecule has 1 N–H and O–H groups in total. The first kappa shape index (κ1) is 18.6. The summed E-state index contributed by atoms with van der Waals surface area (Å²) in [5.41, 5.74) is 4.28. The maximum atomic E-state index is 13.5. The van der Waals surface area contributed by atoms with Gasteiger partial charge in [0.1, 0.15) is 11.5 Å². The molecule has 4 atom stereocenters. The van der Waals surface area contributed by atoms with E-state index in [0.29, 0.717) is 17.0 Å². The van der Waals surface area contributed by atoms with E-state index in [1.807, 2.05) is 42.5 Å². The molecule has 0 aromatic heterocycles. The summed E-state index contributed by atoms with van der Waals surface area (Å²) in [5.74, 6) is -0.283. The van der Waals surface area contributed by atoms with Crippen molar-refractivity contribution in [3.05, 3.63) is 64.4 Å². The zero-order chi connectivity index (χ0) is 20.3. The molecule has 3 nitrogen and oxygen atoms in total. The Balaban J connectivity index is 1.64. The first-order valence-corrected chi connectivity index (χ1v) is 10.8. The van der Waals surface area contributed by atoms with Crippen LogP contribution in [0.2, 0.25) is 5.02 Å². The molecule has 4 heteroatoms. The summed E-state index contributed by atoms with van der Waals surface area (Å²) in [5, 5.41) is 11.8. The number of halogens is 1. The summed E-state index contributed by atoms with van der Waals surface area (Å²) >= 11 is 6.02. The van der Waals surface area contributed by atoms with Crippen LogP contribution in [0.15, 0.2) is 48.2 Å². The van der Waals surface area contributed by atoms with Gasteiger partial charge in [-0.15, -0.1) is 0 Å². The highest BCUT2D eigenvalue weighted by molar-refractivity contribution is 6.30. The minimum atomic E-state index is -0.318. The molecule has 0 saturated heterocycles. The third-order valence-corrected chi connectivity index (χ3v) is 7.36. The van der Waals surface area contributed by atoms with Crippen molar-refractivity contribution in [3.63, 3.8) is 0 Å². The largest absolute Gasteiger partial charge is 0.511 e. The van der Waals surface area contributed by atoms with Crippen LogP contribution in [0.4, 0.5) is 0 Å². The van der Waals surface area contributed by atoms with Gasteiger partial charge in [0.25, 0.3) is 0 Å². The van der Waals surface area contributed by atoms with Crippen LogP contribution in [0.1, 0.15) is 37.3 Å². The molecule has 0 aliphatic heterocycles. The summed E-state index contributed by atoms with van der Waals surface area (Å²) in [6.07, 6.45) is 2.96. The standard InChI is InChI=1S/C25H23ClO3/c1-2-13-3-4-15(14-5-8-17(26)9-6-14)11-19(13)23-24(28)21-16-7-10-18(20(27)12-16)22(21)25(23)29/h3-6,8-9,11,16,18,21-22,29H,2,7,10,12H2,1H3/t16-,18+,21+,22-/m1/s1. The number of hydrogen-bond donors (Lipinski definition) is 1. The lowest BCUT2D eigenvalue weighted by molar-refractivity contribution is -0.139. The molecule has 0 heterocycles. The number of hydrogen-bond acceptors (Lipinski definition) is 3. The van der Waals surface area contributed by atoms with Gasteiger partial charge in [-0.2, -0.15) is 0 Å². The summed E-state index contributed by atoms with van der Waals surface area (Å²) in [6, 6.07) is 13.7. The average Bonchev–Trinajstić information content (AvgIpc) is 3.00. The third kappa shape index (κ3) is 2.78. The van der Waals surface area contributed by atoms with Crippen molar-refractivity contribution >= 4 is 28.7 Å². The van der Waals surface area contributed by atoms with Crippen LogP contribution in [-0.2, 0) is 16.0 Å². The number of benzene rings is 2. The van der Waals surface area contributed by atoms with Gasteiger partial charge in [0.15, 0.2) is 5.78 Å². The number of allylic oxidation sites excluding steroid dienone is 2. The second kappa shape index (κ2) is 6.84. The number of aliphatic hydroxyl groups is 1. The van der Waals surface area contributed by atoms with Crippen LogP contribution in [-0.4, -0.2) is 16.7 Å². The smallest absolute Gasteiger partial charge is 0.170 e. The molecule has 3 fully saturated rings. The number of rotatable bonds is 3. The Morgan fingerprint density at radius 3 is 2.41 bits per heavy atom. The van der Waals surface area contributed by atoms with Gasteiger partial charge in [-0.05, 0) is 65.6 Å². The van der Waals surface area contributed by atoms with E-state index in [9.17, 15) is 14.7 Å². The molecule has 0 unspecified atom stereocenters. The van der Waals surface area contributed by atoms with Crippen molar-refractivity contribution in [2.24, 2.45) is 23.7 Å². The third-order valence-electron chi connectivity index (χ3n) is 7.11. The lowest BCUT2D eigenvalue weighted by Gasteiger charge is -2.43. The van der Waals surface area contributed by atoms with E-state index in [-0.39, 0.29) is 41.0 Å². The van der Waals surface area contributed by atoms with Crippen LogP contribution < -0.4 is 0 Å². The molecule has 2 bridgehead atoms. The maximum Gasteiger partial charge on any atom is 0.170 e. The molecule has 148 valence electrons. The average molecular weight is 407 g/mol. The highest BCUT2D eigenvalue weighted by atomic mass is 35.5. The number of fused-ring (bicyclic) bond motifs is 2. The summed E-state index contributed by atoms with van der Waals surface area (Å²) in [7, 11) is 0. The molecule has 2 aromatic carbocycles. The van der Waals surface area contributed by atoms with Gasteiger partial charge in [0.05, 0.1) is 5.57 Å². The van der Waals surface area contributed by atoms with Gasteiger partial charge in [0, 0.05) is 29.2 Å². The van der Waals surface area contributed by atoms with E-state index < -0.39 is 0 Å². The fourth-order valence-electron chi connectivity index (χ4n) is 5.70. The Hall–Kier alpha value is -2.39. The molecule has 29 heavy (non-hydrogen) atoms. The summed E-state index contributed by atoms with van der Waals surface area (Å²) in [4.78, 5) is 25.9. The molecule has 0 amide bonds. The molecule has 0 radical (unpaired) electrons. The van der Waals surface area contributed by atoms with E-state index >= 15 is 0 Å². The molecular formula is C25H23ClO3.